The minimum Gasteiger partial charge on any atom is -0.344 e. The van der Waals surface area contributed by atoms with Gasteiger partial charge >= 0.3 is 0 Å². The number of nitrogens with one attached hydrogen (secondary N) is 1. The number of aryl methyl sites for hydroxylation is 3. The molecular weight excluding hydrogens is 286 g/mol. The van der Waals surface area contributed by atoms with E-state index in [1.54, 1.807) is 29.9 Å². The second kappa shape index (κ2) is 5.81. The lowest BCUT2D eigenvalue weighted by Crippen LogP contribution is -2.31. The molecule has 0 radical (unpaired) electrons. The van der Waals surface area contributed by atoms with Crippen LogP contribution in [0.2, 0.25) is 0 Å². The Morgan fingerprint density at radius 1 is 1.33 bits per heavy atom. The zero-order valence-electron chi connectivity index (χ0n) is 12.9. The Morgan fingerprint density at radius 3 is 2.57 bits per heavy atom. The molecule has 1 atom stereocenters. The van der Waals surface area contributed by atoms with Crippen molar-refractivity contribution in [3.63, 3.8) is 0 Å². The highest BCUT2D eigenvalue weighted by atomic mass is 32.1. The second-order valence-electron chi connectivity index (χ2n) is 5.15. The summed E-state index contributed by atoms with van der Waals surface area (Å²) in [4.78, 5) is 29.5. The van der Waals surface area contributed by atoms with Gasteiger partial charge in [-0.2, -0.15) is 0 Å². The van der Waals surface area contributed by atoms with Gasteiger partial charge in [0.15, 0.2) is 5.43 Å². The predicted octanol–water partition coefficient (Wildman–Crippen LogP) is 2.26. The van der Waals surface area contributed by atoms with Crippen molar-refractivity contribution < 1.29 is 4.79 Å². The quantitative estimate of drug-likeness (QED) is 0.946. The first-order valence-electron chi connectivity index (χ1n) is 6.72. The van der Waals surface area contributed by atoms with Crippen molar-refractivity contribution in [1.82, 2.24) is 14.9 Å². The molecule has 0 aliphatic heterocycles. The molecule has 0 saturated heterocycles. The summed E-state index contributed by atoms with van der Waals surface area (Å²) in [5.74, 6) is -0.268. The maximum Gasteiger partial charge on any atom is 0.268 e. The molecule has 0 aliphatic carbocycles. The Bertz CT molecular complexity index is 746. The van der Waals surface area contributed by atoms with E-state index in [1.807, 2.05) is 20.8 Å². The van der Waals surface area contributed by atoms with Crippen LogP contribution in [-0.4, -0.2) is 15.5 Å². The Kier molecular flexibility index (Phi) is 4.27. The molecule has 0 saturated carbocycles. The maximum atomic E-state index is 12.4. The van der Waals surface area contributed by atoms with Crippen LogP contribution in [-0.2, 0) is 7.05 Å². The van der Waals surface area contributed by atoms with E-state index in [0.29, 0.717) is 5.69 Å². The molecule has 0 fully saturated rings. The van der Waals surface area contributed by atoms with Crippen molar-refractivity contribution in [2.24, 2.45) is 7.05 Å². The minimum absolute atomic E-state index is 0.163. The van der Waals surface area contributed by atoms with E-state index in [9.17, 15) is 9.59 Å². The van der Waals surface area contributed by atoms with Crippen LogP contribution >= 0.6 is 11.3 Å². The fraction of sp³-hybridized carbons (Fsp3) is 0.400. The van der Waals surface area contributed by atoms with Gasteiger partial charge in [0.05, 0.1) is 16.7 Å². The molecule has 112 valence electrons. The molecule has 5 nitrogen and oxygen atoms in total. The highest BCUT2D eigenvalue weighted by Gasteiger charge is 2.18. The topological polar surface area (TPSA) is 64.0 Å². The maximum absolute atomic E-state index is 12.4. The first kappa shape index (κ1) is 15.4. The summed E-state index contributed by atoms with van der Waals surface area (Å²) in [5, 5.41) is 3.89. The highest BCUT2D eigenvalue weighted by molar-refractivity contribution is 7.11. The van der Waals surface area contributed by atoms with Gasteiger partial charge in [0, 0.05) is 29.8 Å². The molecule has 2 heterocycles. The third-order valence-electron chi connectivity index (χ3n) is 3.45. The van der Waals surface area contributed by atoms with Gasteiger partial charge in [-0.25, -0.2) is 4.98 Å². The summed E-state index contributed by atoms with van der Waals surface area (Å²) in [7, 11) is 1.77. The number of aromatic nitrogens is 2. The molecule has 1 amide bonds. The summed E-state index contributed by atoms with van der Waals surface area (Å²) in [6, 6.07) is 2.67. The average molecular weight is 305 g/mol. The first-order valence-corrected chi connectivity index (χ1v) is 7.53. The largest absolute Gasteiger partial charge is 0.344 e. The average Bonchev–Trinajstić information content (AvgIpc) is 2.72. The lowest BCUT2D eigenvalue weighted by Gasteiger charge is -2.15. The first-order chi connectivity index (χ1) is 9.79. The van der Waals surface area contributed by atoms with Gasteiger partial charge in [-0.3, -0.25) is 9.59 Å². The summed E-state index contributed by atoms with van der Waals surface area (Å²) >= 11 is 1.61. The van der Waals surface area contributed by atoms with Gasteiger partial charge in [0.2, 0.25) is 0 Å². The summed E-state index contributed by atoms with van der Waals surface area (Å²) < 4.78 is 1.71. The molecule has 0 aromatic carbocycles. The van der Waals surface area contributed by atoms with E-state index in [-0.39, 0.29) is 17.4 Å². The Morgan fingerprint density at radius 2 is 2.00 bits per heavy atom. The standard InChI is InChI=1S/C15H19N3O2S/c1-8-6-12(19)7-13(18(8)5)15(20)16-9(2)14-10(3)21-11(4)17-14/h6-7,9H,1-5H3,(H,16,20). The van der Waals surface area contributed by atoms with E-state index in [4.69, 9.17) is 0 Å². The van der Waals surface area contributed by atoms with Gasteiger partial charge in [-0.1, -0.05) is 0 Å². The van der Waals surface area contributed by atoms with Crippen LogP contribution in [0.15, 0.2) is 16.9 Å². The smallest absolute Gasteiger partial charge is 0.268 e. The molecule has 21 heavy (non-hydrogen) atoms. The number of hydrogen-bond acceptors (Lipinski definition) is 4. The lowest BCUT2D eigenvalue weighted by molar-refractivity contribution is 0.0929. The Labute approximate surface area is 127 Å². The zero-order valence-corrected chi connectivity index (χ0v) is 13.7. The van der Waals surface area contributed by atoms with Crippen LogP contribution < -0.4 is 10.7 Å². The van der Waals surface area contributed by atoms with Gasteiger partial charge in [0.1, 0.15) is 5.69 Å². The number of rotatable bonds is 3. The van der Waals surface area contributed by atoms with Gasteiger partial charge in [0.25, 0.3) is 5.91 Å². The van der Waals surface area contributed by atoms with Gasteiger partial charge in [-0.15, -0.1) is 11.3 Å². The molecule has 2 aromatic heterocycles. The normalized spacial score (nSPS) is 12.2. The van der Waals surface area contributed by atoms with E-state index >= 15 is 0 Å². The Hall–Kier alpha value is -1.95. The molecule has 0 bridgehead atoms. The number of carbonyl (C=O) groups excluding carboxylic acids is 1. The molecular formula is C15H19N3O2S. The predicted molar refractivity (Wildman–Crippen MR) is 83.9 cm³/mol. The number of thiazole rings is 1. The van der Waals surface area contributed by atoms with Crippen LogP contribution in [0.25, 0.3) is 0 Å². The Balaban J connectivity index is 2.26. The van der Waals surface area contributed by atoms with Crippen molar-refractivity contribution >= 4 is 17.2 Å². The number of pyridine rings is 1. The highest BCUT2D eigenvalue weighted by Crippen LogP contribution is 2.22. The number of nitrogens with zero attached hydrogens (tertiary/aromatic N) is 2. The summed E-state index contributed by atoms with van der Waals surface area (Å²) in [5.41, 5.74) is 1.82. The second-order valence-corrected chi connectivity index (χ2v) is 6.55. The van der Waals surface area contributed by atoms with Crippen molar-refractivity contribution in [2.45, 2.75) is 33.7 Å². The minimum atomic E-state index is -0.268. The van der Waals surface area contributed by atoms with Crippen molar-refractivity contribution in [2.75, 3.05) is 0 Å². The zero-order chi connectivity index (χ0) is 15.7. The van der Waals surface area contributed by atoms with Crippen LogP contribution in [0.5, 0.6) is 0 Å². The van der Waals surface area contributed by atoms with Crippen molar-refractivity contribution in [3.8, 4) is 0 Å². The van der Waals surface area contributed by atoms with Crippen molar-refractivity contribution in [1.29, 1.82) is 0 Å². The van der Waals surface area contributed by atoms with Crippen LogP contribution in [0.4, 0.5) is 0 Å². The number of amides is 1. The van der Waals surface area contributed by atoms with E-state index in [0.717, 1.165) is 21.3 Å². The van der Waals surface area contributed by atoms with Crippen LogP contribution in [0.3, 0.4) is 0 Å². The summed E-state index contributed by atoms with van der Waals surface area (Å²) in [6.45, 7) is 7.63. The van der Waals surface area contributed by atoms with E-state index < -0.39 is 0 Å². The number of hydrogen-bond donors (Lipinski definition) is 1. The molecule has 1 N–H and O–H groups in total. The molecule has 2 rings (SSSR count). The molecule has 0 aliphatic rings. The fourth-order valence-electron chi connectivity index (χ4n) is 2.27. The van der Waals surface area contributed by atoms with E-state index in [1.165, 1.54) is 12.1 Å². The van der Waals surface area contributed by atoms with E-state index in [2.05, 4.69) is 10.3 Å². The third kappa shape index (κ3) is 3.21. The van der Waals surface area contributed by atoms with Gasteiger partial charge in [-0.05, 0) is 27.7 Å². The lowest BCUT2D eigenvalue weighted by atomic mass is 10.2. The fourth-order valence-corrected chi connectivity index (χ4v) is 3.18. The molecule has 6 heteroatoms. The molecule has 0 spiro atoms. The molecule has 1 unspecified atom stereocenters. The monoisotopic (exact) mass is 305 g/mol. The molecule has 2 aromatic rings. The van der Waals surface area contributed by atoms with Crippen LogP contribution in [0, 0.1) is 20.8 Å². The SMILES string of the molecule is Cc1nc(C(C)NC(=O)c2cc(=O)cc(C)n2C)c(C)s1. The van der Waals surface area contributed by atoms with Crippen LogP contribution in [0.1, 0.15) is 44.7 Å². The van der Waals surface area contributed by atoms with Gasteiger partial charge < -0.3 is 9.88 Å². The number of carbonyl (C=O) groups is 1. The summed E-state index contributed by atoms with van der Waals surface area (Å²) in [6.07, 6.45) is 0. The third-order valence-corrected chi connectivity index (χ3v) is 4.35. The van der Waals surface area contributed by atoms with Crippen molar-refractivity contribution in [3.05, 3.63) is 49.3 Å².